The summed E-state index contributed by atoms with van der Waals surface area (Å²) in [6, 6.07) is 5.94. The number of carboxylic acid groups (broad SMARTS) is 1. The van der Waals surface area contributed by atoms with Gasteiger partial charge in [-0.25, -0.2) is 9.69 Å². The zero-order chi connectivity index (χ0) is 17.9. The highest BCUT2D eigenvalue weighted by atomic mass is 32.2. The Morgan fingerprint density at radius 1 is 1.33 bits per heavy atom. The minimum Gasteiger partial charge on any atom is -0.480 e. The van der Waals surface area contributed by atoms with Crippen LogP contribution in [0.1, 0.15) is 18.9 Å². The number of hydrogen-bond acceptors (Lipinski definition) is 5. The Hall–Kier alpha value is -2.35. The molecule has 0 bridgehead atoms. The van der Waals surface area contributed by atoms with Gasteiger partial charge in [-0.2, -0.15) is 0 Å². The van der Waals surface area contributed by atoms with Crippen LogP contribution in [0.2, 0.25) is 0 Å². The Bertz CT molecular complexity index is 674. The van der Waals surface area contributed by atoms with E-state index in [4.69, 9.17) is 5.11 Å². The zero-order valence-electron chi connectivity index (χ0n) is 13.3. The Kier molecular flexibility index (Phi) is 5.61. The van der Waals surface area contributed by atoms with Crippen LogP contribution in [0.5, 0.6) is 0 Å². The molecule has 1 aliphatic heterocycles. The maximum Gasteiger partial charge on any atom is 0.327 e. The lowest BCUT2D eigenvalue weighted by molar-refractivity contribution is -0.140. The van der Waals surface area contributed by atoms with E-state index in [1.54, 1.807) is 12.1 Å². The summed E-state index contributed by atoms with van der Waals surface area (Å²) in [5.74, 6) is -2.29. The summed E-state index contributed by atoms with van der Waals surface area (Å²) in [4.78, 5) is 47.9. The summed E-state index contributed by atoms with van der Waals surface area (Å²) >= 11 is 1.07. The van der Waals surface area contributed by atoms with Crippen molar-refractivity contribution in [3.05, 3.63) is 29.8 Å². The molecule has 3 amide bonds. The van der Waals surface area contributed by atoms with Crippen molar-refractivity contribution in [1.29, 1.82) is 0 Å². The first-order valence-corrected chi connectivity index (χ1v) is 8.39. The van der Waals surface area contributed by atoms with Gasteiger partial charge in [0, 0.05) is 19.1 Å². The summed E-state index contributed by atoms with van der Waals surface area (Å²) in [5.41, 5.74) is 1.53. The quantitative estimate of drug-likeness (QED) is 0.740. The van der Waals surface area contributed by atoms with E-state index in [0.29, 0.717) is 5.69 Å². The van der Waals surface area contributed by atoms with E-state index in [9.17, 15) is 19.2 Å². The molecule has 1 saturated heterocycles. The fourth-order valence-corrected chi connectivity index (χ4v) is 3.49. The molecule has 128 valence electrons. The third-order valence-corrected chi connectivity index (χ3v) is 4.83. The predicted octanol–water partition coefficient (Wildman–Crippen LogP) is 0.949. The van der Waals surface area contributed by atoms with Crippen LogP contribution in [0.4, 0.5) is 5.69 Å². The first-order chi connectivity index (χ1) is 11.3. The van der Waals surface area contributed by atoms with E-state index in [-0.39, 0.29) is 24.0 Å². The second-order valence-corrected chi connectivity index (χ2v) is 6.76. The fraction of sp³-hybridized carbons (Fsp3) is 0.375. The molecule has 2 N–H and O–H groups in total. The Labute approximate surface area is 143 Å². The number of rotatable bonds is 6. The van der Waals surface area contributed by atoms with Gasteiger partial charge in [0.25, 0.3) is 0 Å². The summed E-state index contributed by atoms with van der Waals surface area (Å²) in [7, 11) is 0. The lowest BCUT2D eigenvalue weighted by atomic mass is 10.2. The molecule has 0 saturated carbocycles. The highest BCUT2D eigenvalue weighted by molar-refractivity contribution is 8.00. The number of imide groups is 1. The van der Waals surface area contributed by atoms with Gasteiger partial charge in [-0.15, -0.1) is 11.8 Å². The number of carbonyl (C=O) groups excluding carboxylic acids is 3. The molecule has 0 unspecified atom stereocenters. The lowest BCUT2D eigenvalue weighted by Gasteiger charge is -2.16. The van der Waals surface area contributed by atoms with E-state index < -0.39 is 23.2 Å². The van der Waals surface area contributed by atoms with Crippen LogP contribution in [0.3, 0.4) is 0 Å². The molecule has 2 atom stereocenters. The SMILES string of the molecule is CC(=O)N[C@@H](CS[C@H]1CC(=O)N(c2ccc(C)cc2)C1=O)C(=O)O. The highest BCUT2D eigenvalue weighted by Crippen LogP contribution is 2.30. The van der Waals surface area contributed by atoms with Crippen molar-refractivity contribution in [1.82, 2.24) is 5.32 Å². The minimum absolute atomic E-state index is 0.0142. The third kappa shape index (κ3) is 4.14. The first-order valence-electron chi connectivity index (χ1n) is 7.34. The van der Waals surface area contributed by atoms with E-state index >= 15 is 0 Å². The zero-order valence-corrected chi connectivity index (χ0v) is 14.1. The van der Waals surface area contributed by atoms with Crippen LogP contribution in [0.25, 0.3) is 0 Å². The number of carboxylic acids is 1. The van der Waals surface area contributed by atoms with Gasteiger partial charge in [-0.3, -0.25) is 14.4 Å². The highest BCUT2D eigenvalue weighted by Gasteiger charge is 2.40. The number of hydrogen-bond donors (Lipinski definition) is 2. The topological polar surface area (TPSA) is 104 Å². The molecule has 7 nitrogen and oxygen atoms in total. The second-order valence-electron chi connectivity index (χ2n) is 5.52. The summed E-state index contributed by atoms with van der Waals surface area (Å²) in [5, 5.41) is 10.7. The number of amides is 3. The molecular weight excluding hydrogens is 332 g/mol. The number of thioether (sulfide) groups is 1. The number of anilines is 1. The smallest absolute Gasteiger partial charge is 0.327 e. The average Bonchev–Trinajstić information content (AvgIpc) is 2.78. The Morgan fingerprint density at radius 2 is 1.96 bits per heavy atom. The van der Waals surface area contributed by atoms with Crippen molar-refractivity contribution >= 4 is 41.1 Å². The van der Waals surface area contributed by atoms with Crippen molar-refractivity contribution in [2.75, 3.05) is 10.7 Å². The van der Waals surface area contributed by atoms with Crippen molar-refractivity contribution < 1.29 is 24.3 Å². The molecule has 0 aliphatic carbocycles. The van der Waals surface area contributed by atoms with Crippen LogP contribution in [0, 0.1) is 6.92 Å². The molecule has 24 heavy (non-hydrogen) atoms. The van der Waals surface area contributed by atoms with Gasteiger partial charge in [0.1, 0.15) is 6.04 Å². The second kappa shape index (κ2) is 7.48. The molecule has 0 spiro atoms. The van der Waals surface area contributed by atoms with E-state index in [1.807, 2.05) is 19.1 Å². The molecular formula is C16H18N2O5S. The molecule has 1 fully saturated rings. The molecule has 0 aromatic heterocycles. The van der Waals surface area contributed by atoms with Crippen molar-refractivity contribution in [3.8, 4) is 0 Å². The number of nitrogens with zero attached hydrogens (tertiary/aromatic N) is 1. The maximum atomic E-state index is 12.5. The number of benzene rings is 1. The number of aryl methyl sites for hydroxylation is 1. The van der Waals surface area contributed by atoms with Gasteiger partial charge in [-0.1, -0.05) is 17.7 Å². The largest absolute Gasteiger partial charge is 0.480 e. The summed E-state index contributed by atoms with van der Waals surface area (Å²) in [6.07, 6.45) is 0.0176. The molecule has 1 aromatic rings. The monoisotopic (exact) mass is 350 g/mol. The Morgan fingerprint density at radius 3 is 2.50 bits per heavy atom. The van der Waals surface area contributed by atoms with Gasteiger partial charge in [0.15, 0.2) is 0 Å². The number of carbonyl (C=O) groups is 4. The minimum atomic E-state index is -1.18. The number of aliphatic carboxylic acids is 1. The van der Waals surface area contributed by atoms with Crippen molar-refractivity contribution in [2.45, 2.75) is 31.6 Å². The first kappa shape index (κ1) is 18.0. The van der Waals surface area contributed by atoms with Gasteiger partial charge >= 0.3 is 5.97 Å². The third-order valence-electron chi connectivity index (χ3n) is 3.54. The molecule has 1 heterocycles. The maximum absolute atomic E-state index is 12.5. The van der Waals surface area contributed by atoms with Crippen LogP contribution in [-0.4, -0.2) is 45.8 Å². The van der Waals surface area contributed by atoms with Crippen LogP contribution >= 0.6 is 11.8 Å². The number of nitrogens with one attached hydrogen (secondary N) is 1. The molecule has 1 aromatic carbocycles. The van der Waals surface area contributed by atoms with E-state index in [1.165, 1.54) is 6.92 Å². The lowest BCUT2D eigenvalue weighted by Crippen LogP contribution is -2.42. The van der Waals surface area contributed by atoms with Crippen molar-refractivity contribution in [2.24, 2.45) is 0 Å². The molecule has 1 aliphatic rings. The van der Waals surface area contributed by atoms with Crippen molar-refractivity contribution in [3.63, 3.8) is 0 Å². The van der Waals surface area contributed by atoms with Crippen LogP contribution in [0.15, 0.2) is 24.3 Å². The normalized spacial score (nSPS) is 18.6. The fourth-order valence-electron chi connectivity index (χ4n) is 2.33. The molecule has 0 radical (unpaired) electrons. The summed E-state index contributed by atoms with van der Waals surface area (Å²) in [6.45, 7) is 3.13. The molecule has 8 heteroatoms. The van der Waals surface area contributed by atoms with E-state index in [2.05, 4.69) is 5.32 Å². The van der Waals surface area contributed by atoms with Crippen LogP contribution < -0.4 is 10.2 Å². The van der Waals surface area contributed by atoms with Crippen LogP contribution in [-0.2, 0) is 19.2 Å². The summed E-state index contributed by atoms with van der Waals surface area (Å²) < 4.78 is 0. The average molecular weight is 350 g/mol. The van der Waals surface area contributed by atoms with Gasteiger partial charge < -0.3 is 10.4 Å². The van der Waals surface area contributed by atoms with Gasteiger partial charge in [-0.05, 0) is 19.1 Å². The van der Waals surface area contributed by atoms with Gasteiger partial charge in [0.2, 0.25) is 17.7 Å². The Balaban J connectivity index is 2.04. The van der Waals surface area contributed by atoms with E-state index in [0.717, 1.165) is 22.2 Å². The predicted molar refractivity (Wildman–Crippen MR) is 89.8 cm³/mol. The molecule has 2 rings (SSSR count). The van der Waals surface area contributed by atoms with Gasteiger partial charge in [0.05, 0.1) is 10.9 Å². The standard InChI is InChI=1S/C16H18N2O5S/c1-9-3-5-11(6-4-9)18-14(20)7-13(15(18)21)24-8-12(16(22)23)17-10(2)19/h3-6,12-13H,7-8H2,1-2H3,(H,17,19)(H,22,23)/t12-,13-/m0/s1.